The number of benzene rings is 1. The summed E-state index contributed by atoms with van der Waals surface area (Å²) in [5, 5.41) is 19.3. The number of nitrogens with two attached hydrogens (primary N) is 1. The molecule has 0 saturated carbocycles. The average Bonchev–Trinajstić information content (AvgIpc) is 2.37. The molecule has 7 nitrogen and oxygen atoms in total. The van der Waals surface area contributed by atoms with Crippen LogP contribution in [0.3, 0.4) is 0 Å². The zero-order valence-electron chi connectivity index (χ0n) is 10.7. The molecule has 0 spiro atoms. The summed E-state index contributed by atoms with van der Waals surface area (Å²) in [5.74, 6) is -0.441. The number of nitrogen functional groups attached to an aromatic ring is 1. The maximum atomic E-state index is 12.2. The van der Waals surface area contributed by atoms with Gasteiger partial charge in [-0.15, -0.1) is 0 Å². The van der Waals surface area contributed by atoms with Gasteiger partial charge in [0.25, 0.3) is 11.6 Å². The minimum Gasteiger partial charge on any atom is -0.398 e. The van der Waals surface area contributed by atoms with E-state index >= 15 is 0 Å². The Morgan fingerprint density at radius 1 is 1.63 bits per heavy atom. The van der Waals surface area contributed by atoms with Gasteiger partial charge in [0.2, 0.25) is 0 Å². The molecule has 100 valence electrons. The van der Waals surface area contributed by atoms with Crippen LogP contribution in [0.5, 0.6) is 0 Å². The summed E-state index contributed by atoms with van der Waals surface area (Å²) in [6, 6.07) is 5.38. The van der Waals surface area contributed by atoms with Crippen LogP contribution < -0.4 is 5.73 Å². The second-order valence-electron chi connectivity index (χ2n) is 4.16. The molecule has 0 saturated heterocycles. The summed E-state index contributed by atoms with van der Waals surface area (Å²) in [5.41, 5.74) is 5.72. The van der Waals surface area contributed by atoms with Gasteiger partial charge in [-0.3, -0.25) is 14.9 Å². The molecular weight excluding hydrogens is 248 g/mol. The third kappa shape index (κ3) is 3.19. The Bertz CT molecular complexity index is 550. The van der Waals surface area contributed by atoms with Gasteiger partial charge >= 0.3 is 0 Å². The zero-order valence-corrected chi connectivity index (χ0v) is 10.7. The van der Waals surface area contributed by atoms with Crippen LogP contribution >= 0.6 is 0 Å². The monoisotopic (exact) mass is 262 g/mol. The van der Waals surface area contributed by atoms with E-state index in [1.54, 1.807) is 6.92 Å². The summed E-state index contributed by atoms with van der Waals surface area (Å²) in [6.45, 7) is 1.72. The molecule has 0 aliphatic rings. The number of nitriles is 1. The molecular formula is C12H14N4O3. The highest BCUT2D eigenvalue weighted by atomic mass is 16.6. The Morgan fingerprint density at radius 2 is 2.26 bits per heavy atom. The van der Waals surface area contributed by atoms with Crippen LogP contribution in [0.15, 0.2) is 18.2 Å². The molecule has 1 unspecified atom stereocenters. The maximum absolute atomic E-state index is 12.2. The molecule has 0 aliphatic carbocycles. The van der Waals surface area contributed by atoms with Crippen molar-refractivity contribution in [1.82, 2.24) is 4.90 Å². The molecule has 0 aromatic heterocycles. The van der Waals surface area contributed by atoms with Gasteiger partial charge in [0, 0.05) is 30.9 Å². The van der Waals surface area contributed by atoms with Crippen LogP contribution in [0.25, 0.3) is 0 Å². The van der Waals surface area contributed by atoms with Gasteiger partial charge in [-0.2, -0.15) is 5.26 Å². The van der Waals surface area contributed by atoms with E-state index < -0.39 is 10.8 Å². The van der Waals surface area contributed by atoms with Crippen molar-refractivity contribution in [2.75, 3.05) is 12.8 Å². The van der Waals surface area contributed by atoms with Crippen LogP contribution in [-0.4, -0.2) is 28.8 Å². The minimum absolute atomic E-state index is 0.0708. The highest BCUT2D eigenvalue weighted by Crippen LogP contribution is 2.21. The fourth-order valence-electron chi connectivity index (χ4n) is 1.50. The third-order valence-corrected chi connectivity index (χ3v) is 2.85. The van der Waals surface area contributed by atoms with Crippen molar-refractivity contribution in [3.8, 4) is 6.07 Å². The predicted molar refractivity (Wildman–Crippen MR) is 69.3 cm³/mol. The van der Waals surface area contributed by atoms with E-state index in [2.05, 4.69) is 0 Å². The first-order valence-electron chi connectivity index (χ1n) is 5.56. The van der Waals surface area contributed by atoms with Crippen molar-refractivity contribution in [1.29, 1.82) is 5.26 Å². The van der Waals surface area contributed by atoms with Crippen LogP contribution in [-0.2, 0) is 0 Å². The SMILES string of the molecule is CC(CC#N)N(C)C(=O)c1cc([N+](=O)[O-])ccc1N. The van der Waals surface area contributed by atoms with E-state index in [1.165, 1.54) is 24.1 Å². The number of nitro benzene ring substituents is 1. The van der Waals surface area contributed by atoms with Gasteiger partial charge in [-0.25, -0.2) is 0 Å². The number of amides is 1. The first-order chi connectivity index (χ1) is 8.88. The molecule has 0 heterocycles. The fraction of sp³-hybridized carbons (Fsp3) is 0.333. The number of carbonyl (C=O) groups excluding carboxylic acids is 1. The Labute approximate surface area is 110 Å². The molecule has 1 amide bonds. The number of hydrogen-bond acceptors (Lipinski definition) is 5. The van der Waals surface area contributed by atoms with Crippen molar-refractivity contribution in [3.63, 3.8) is 0 Å². The first-order valence-corrected chi connectivity index (χ1v) is 5.56. The van der Waals surface area contributed by atoms with Crippen LogP contribution in [0, 0.1) is 21.4 Å². The van der Waals surface area contributed by atoms with Crippen molar-refractivity contribution in [2.24, 2.45) is 0 Å². The Balaban J connectivity index is 3.09. The summed E-state index contributed by atoms with van der Waals surface area (Å²) in [4.78, 5) is 23.6. The van der Waals surface area contributed by atoms with Gasteiger partial charge < -0.3 is 10.6 Å². The maximum Gasteiger partial charge on any atom is 0.270 e. The van der Waals surface area contributed by atoms with E-state index in [0.717, 1.165) is 6.07 Å². The molecule has 0 aliphatic heterocycles. The second-order valence-corrected chi connectivity index (χ2v) is 4.16. The highest BCUT2D eigenvalue weighted by molar-refractivity contribution is 5.99. The third-order valence-electron chi connectivity index (χ3n) is 2.85. The Hall–Kier alpha value is -2.62. The second kappa shape index (κ2) is 5.82. The van der Waals surface area contributed by atoms with Crippen molar-refractivity contribution < 1.29 is 9.72 Å². The Morgan fingerprint density at radius 3 is 2.79 bits per heavy atom. The standard InChI is InChI=1S/C12H14N4O3/c1-8(5-6-13)15(2)12(17)10-7-9(16(18)19)3-4-11(10)14/h3-4,7-8H,5,14H2,1-2H3. The van der Waals surface area contributed by atoms with Crippen LogP contribution in [0.2, 0.25) is 0 Å². The lowest BCUT2D eigenvalue weighted by atomic mass is 10.1. The molecule has 0 bridgehead atoms. The minimum atomic E-state index is -0.588. The largest absolute Gasteiger partial charge is 0.398 e. The molecule has 7 heteroatoms. The lowest BCUT2D eigenvalue weighted by Gasteiger charge is -2.23. The summed E-state index contributed by atoms with van der Waals surface area (Å²) >= 11 is 0. The number of carbonyl (C=O) groups is 1. The number of hydrogen-bond donors (Lipinski definition) is 1. The van der Waals surface area contributed by atoms with Gasteiger partial charge in [0.1, 0.15) is 0 Å². The molecule has 0 radical (unpaired) electrons. The van der Waals surface area contributed by atoms with Crippen molar-refractivity contribution >= 4 is 17.3 Å². The molecule has 0 fully saturated rings. The van der Waals surface area contributed by atoms with E-state index in [0.29, 0.717) is 0 Å². The van der Waals surface area contributed by atoms with Crippen molar-refractivity contribution in [3.05, 3.63) is 33.9 Å². The molecule has 1 atom stereocenters. The van der Waals surface area contributed by atoms with E-state index in [4.69, 9.17) is 11.0 Å². The highest BCUT2D eigenvalue weighted by Gasteiger charge is 2.21. The summed E-state index contributed by atoms with van der Waals surface area (Å²) in [6.07, 6.45) is 0.178. The first kappa shape index (κ1) is 14.4. The number of nitrogens with zero attached hydrogens (tertiary/aromatic N) is 3. The van der Waals surface area contributed by atoms with Gasteiger partial charge in [-0.1, -0.05) is 0 Å². The molecule has 1 aromatic carbocycles. The zero-order chi connectivity index (χ0) is 14.6. The number of rotatable bonds is 4. The van der Waals surface area contributed by atoms with Crippen LogP contribution in [0.1, 0.15) is 23.7 Å². The molecule has 2 N–H and O–H groups in total. The lowest BCUT2D eigenvalue weighted by molar-refractivity contribution is -0.384. The smallest absolute Gasteiger partial charge is 0.270 e. The van der Waals surface area contributed by atoms with Gasteiger partial charge in [0.15, 0.2) is 0 Å². The van der Waals surface area contributed by atoms with Gasteiger partial charge in [-0.05, 0) is 13.0 Å². The number of anilines is 1. The summed E-state index contributed by atoms with van der Waals surface area (Å²) < 4.78 is 0. The average molecular weight is 262 g/mol. The van der Waals surface area contributed by atoms with E-state index in [-0.39, 0.29) is 29.4 Å². The Kier molecular flexibility index (Phi) is 4.42. The topological polar surface area (TPSA) is 113 Å². The fourth-order valence-corrected chi connectivity index (χ4v) is 1.50. The van der Waals surface area contributed by atoms with Crippen LogP contribution in [0.4, 0.5) is 11.4 Å². The lowest BCUT2D eigenvalue weighted by Crippen LogP contribution is -2.35. The quantitative estimate of drug-likeness (QED) is 0.502. The molecule has 1 aromatic rings. The molecule has 1 rings (SSSR count). The van der Waals surface area contributed by atoms with Crippen molar-refractivity contribution in [2.45, 2.75) is 19.4 Å². The van der Waals surface area contributed by atoms with Gasteiger partial charge in [0.05, 0.1) is 23.0 Å². The van der Waals surface area contributed by atoms with E-state index in [9.17, 15) is 14.9 Å². The summed E-state index contributed by atoms with van der Waals surface area (Å²) in [7, 11) is 1.53. The molecule has 19 heavy (non-hydrogen) atoms. The number of non-ortho nitro benzene ring substituents is 1. The number of nitro groups is 1. The predicted octanol–water partition coefficient (Wildman–Crippen LogP) is 1.55. The normalized spacial score (nSPS) is 11.4. The van der Waals surface area contributed by atoms with E-state index in [1.807, 2.05) is 6.07 Å².